The molecule has 1 amide bonds. The number of rotatable bonds is 40. The molecule has 0 heterocycles. The highest BCUT2D eigenvalue weighted by Crippen LogP contribution is 2.17. The van der Waals surface area contributed by atoms with Crippen LogP contribution in [0.3, 0.4) is 0 Å². The molecule has 3 unspecified atom stereocenters. The minimum atomic E-state index is -0.786. The number of nitrogens with one attached hydrogen (secondary N) is 1. The van der Waals surface area contributed by atoms with Crippen LogP contribution in [0.2, 0.25) is 0 Å². The van der Waals surface area contributed by atoms with E-state index in [1.54, 1.807) is 0 Å². The highest BCUT2D eigenvalue weighted by atomic mass is 16.5. The van der Waals surface area contributed by atoms with Crippen molar-refractivity contribution in [1.82, 2.24) is 5.32 Å². The summed E-state index contributed by atoms with van der Waals surface area (Å²) in [6.07, 6.45) is 43.9. The van der Waals surface area contributed by atoms with Crippen molar-refractivity contribution in [3.63, 3.8) is 0 Å². The smallest absolute Gasteiger partial charge is 0.306 e. The quantitative estimate of drug-likeness (QED) is 0.0331. The maximum atomic E-state index is 13.0. The summed E-state index contributed by atoms with van der Waals surface area (Å²) < 4.78 is 5.87. The zero-order valence-corrected chi connectivity index (χ0v) is 34.7. The standard InChI is InChI=1S/C46H87NO5/c1-4-7-10-13-16-19-20-21-22-23-24-25-27-30-33-36-39-46(51)52-42(37-34-31-28-18-15-12-9-6-3)40-45(50)47-43(41-48)44(49)38-35-32-29-26-17-14-11-8-5-2/h12,15,22-23,42-44,48-49H,4-11,13-14,16-21,24-41H2,1-3H3,(H,47,50)/b15-12-,23-22+. The van der Waals surface area contributed by atoms with Gasteiger partial charge in [0.05, 0.1) is 25.2 Å². The molecule has 0 aromatic heterocycles. The first kappa shape index (κ1) is 50.3. The zero-order valence-electron chi connectivity index (χ0n) is 34.7. The second kappa shape index (κ2) is 40.5. The molecule has 0 bridgehead atoms. The Kier molecular flexibility index (Phi) is 39.2. The molecule has 6 nitrogen and oxygen atoms in total. The predicted octanol–water partition coefficient (Wildman–Crippen LogP) is 12.8. The van der Waals surface area contributed by atoms with Crippen LogP contribution in [0, 0.1) is 0 Å². The van der Waals surface area contributed by atoms with Crippen LogP contribution in [0.5, 0.6) is 0 Å². The molecule has 306 valence electrons. The second-order valence-electron chi connectivity index (χ2n) is 15.4. The fourth-order valence-electron chi connectivity index (χ4n) is 6.78. The van der Waals surface area contributed by atoms with E-state index in [0.29, 0.717) is 19.3 Å². The maximum Gasteiger partial charge on any atom is 0.306 e. The topological polar surface area (TPSA) is 95.9 Å². The lowest BCUT2D eigenvalue weighted by atomic mass is 10.0. The molecule has 0 aliphatic carbocycles. The number of hydrogen-bond acceptors (Lipinski definition) is 5. The van der Waals surface area contributed by atoms with Gasteiger partial charge in [0.15, 0.2) is 0 Å². The molecule has 0 aliphatic heterocycles. The fraction of sp³-hybridized carbons (Fsp3) is 0.870. The third-order valence-corrected chi connectivity index (χ3v) is 10.2. The Balaban J connectivity index is 4.47. The maximum absolute atomic E-state index is 13.0. The molecule has 3 N–H and O–H groups in total. The Morgan fingerprint density at radius 2 is 0.962 bits per heavy atom. The largest absolute Gasteiger partial charge is 0.462 e. The van der Waals surface area contributed by atoms with Crippen molar-refractivity contribution in [3.05, 3.63) is 24.3 Å². The fourth-order valence-corrected chi connectivity index (χ4v) is 6.78. The number of ether oxygens (including phenoxy) is 1. The average Bonchev–Trinajstić information content (AvgIpc) is 3.13. The van der Waals surface area contributed by atoms with E-state index in [4.69, 9.17) is 4.74 Å². The van der Waals surface area contributed by atoms with Gasteiger partial charge in [-0.15, -0.1) is 0 Å². The van der Waals surface area contributed by atoms with Crippen molar-refractivity contribution < 1.29 is 24.5 Å². The highest BCUT2D eigenvalue weighted by Gasteiger charge is 2.24. The molecule has 3 atom stereocenters. The first-order valence-electron chi connectivity index (χ1n) is 22.6. The lowest BCUT2D eigenvalue weighted by molar-refractivity contribution is -0.151. The number of aliphatic hydroxyl groups excluding tert-OH is 2. The second-order valence-corrected chi connectivity index (χ2v) is 15.4. The van der Waals surface area contributed by atoms with Crippen molar-refractivity contribution in [2.75, 3.05) is 6.61 Å². The van der Waals surface area contributed by atoms with Crippen LogP contribution in [0.15, 0.2) is 24.3 Å². The third-order valence-electron chi connectivity index (χ3n) is 10.2. The van der Waals surface area contributed by atoms with Crippen molar-refractivity contribution >= 4 is 11.9 Å². The van der Waals surface area contributed by atoms with Gasteiger partial charge in [-0.25, -0.2) is 0 Å². The van der Waals surface area contributed by atoms with E-state index in [1.807, 2.05) is 0 Å². The number of hydrogen-bond donors (Lipinski definition) is 3. The van der Waals surface area contributed by atoms with Crippen LogP contribution < -0.4 is 5.32 Å². The number of allylic oxidation sites excluding steroid dienone is 4. The number of amides is 1. The Morgan fingerprint density at radius 3 is 1.46 bits per heavy atom. The molecular formula is C46H87NO5. The van der Waals surface area contributed by atoms with E-state index >= 15 is 0 Å². The van der Waals surface area contributed by atoms with E-state index < -0.39 is 18.2 Å². The summed E-state index contributed by atoms with van der Waals surface area (Å²) in [5, 5.41) is 23.5. The summed E-state index contributed by atoms with van der Waals surface area (Å²) in [6, 6.07) is -0.701. The van der Waals surface area contributed by atoms with Crippen LogP contribution in [0.1, 0.15) is 233 Å². The molecule has 52 heavy (non-hydrogen) atoms. The molecule has 0 aromatic carbocycles. The average molecular weight is 734 g/mol. The number of carbonyl (C=O) groups excluding carboxylic acids is 2. The minimum Gasteiger partial charge on any atom is -0.462 e. The third kappa shape index (κ3) is 35.4. The van der Waals surface area contributed by atoms with Crippen LogP contribution in [0.25, 0.3) is 0 Å². The first-order chi connectivity index (χ1) is 25.5. The van der Waals surface area contributed by atoms with Crippen molar-refractivity contribution in [2.24, 2.45) is 0 Å². The van der Waals surface area contributed by atoms with Gasteiger partial charge >= 0.3 is 5.97 Å². The van der Waals surface area contributed by atoms with Crippen molar-refractivity contribution in [3.8, 4) is 0 Å². The number of aliphatic hydroxyl groups is 2. The lowest BCUT2D eigenvalue weighted by Gasteiger charge is -2.24. The van der Waals surface area contributed by atoms with Gasteiger partial charge in [-0.1, -0.05) is 173 Å². The summed E-state index contributed by atoms with van der Waals surface area (Å²) in [5.41, 5.74) is 0. The molecule has 0 radical (unpaired) electrons. The normalized spacial score (nSPS) is 13.6. The summed E-state index contributed by atoms with van der Waals surface area (Å²) in [6.45, 7) is 6.37. The van der Waals surface area contributed by atoms with E-state index in [0.717, 1.165) is 83.5 Å². The molecule has 0 spiro atoms. The SMILES string of the molecule is CCC/C=C\CCCCCC(CC(=O)NC(CO)C(O)CCCCCCCCCCC)OC(=O)CCCCCCC/C=C/CCCCCCCCC. The van der Waals surface area contributed by atoms with Crippen LogP contribution >= 0.6 is 0 Å². The van der Waals surface area contributed by atoms with Crippen LogP contribution in [-0.4, -0.2) is 46.9 Å². The summed E-state index contributed by atoms with van der Waals surface area (Å²) >= 11 is 0. The lowest BCUT2D eigenvalue weighted by Crippen LogP contribution is -2.46. The van der Waals surface area contributed by atoms with E-state index in [-0.39, 0.29) is 24.9 Å². The molecule has 0 saturated carbocycles. The number of esters is 1. The van der Waals surface area contributed by atoms with Crippen molar-refractivity contribution in [1.29, 1.82) is 0 Å². The molecule has 6 heteroatoms. The van der Waals surface area contributed by atoms with Gasteiger partial charge in [-0.2, -0.15) is 0 Å². The van der Waals surface area contributed by atoms with Gasteiger partial charge in [-0.3, -0.25) is 9.59 Å². The van der Waals surface area contributed by atoms with Gasteiger partial charge < -0.3 is 20.3 Å². The Hall–Kier alpha value is -1.66. The monoisotopic (exact) mass is 734 g/mol. The summed E-state index contributed by atoms with van der Waals surface area (Å²) in [7, 11) is 0. The molecule has 0 rings (SSSR count). The van der Waals surface area contributed by atoms with Crippen LogP contribution in [-0.2, 0) is 14.3 Å². The van der Waals surface area contributed by atoms with E-state index in [9.17, 15) is 19.8 Å². The highest BCUT2D eigenvalue weighted by molar-refractivity contribution is 5.77. The van der Waals surface area contributed by atoms with Gasteiger partial charge in [0.2, 0.25) is 5.91 Å². The van der Waals surface area contributed by atoms with Gasteiger partial charge in [0.25, 0.3) is 0 Å². The number of unbranched alkanes of at least 4 members (excludes halogenated alkanes) is 24. The Labute approximate surface area is 322 Å². The Bertz CT molecular complexity index is 828. The van der Waals surface area contributed by atoms with Gasteiger partial charge in [-0.05, 0) is 70.6 Å². The Morgan fingerprint density at radius 1 is 0.538 bits per heavy atom. The predicted molar refractivity (Wildman–Crippen MR) is 223 cm³/mol. The minimum absolute atomic E-state index is 0.0653. The van der Waals surface area contributed by atoms with Crippen molar-refractivity contribution in [2.45, 2.75) is 251 Å². The molecule has 0 fully saturated rings. The van der Waals surface area contributed by atoms with Gasteiger partial charge in [0.1, 0.15) is 6.10 Å². The number of carbonyl (C=O) groups is 2. The summed E-state index contributed by atoms with van der Waals surface area (Å²) in [4.78, 5) is 25.9. The van der Waals surface area contributed by atoms with Crippen LogP contribution in [0.4, 0.5) is 0 Å². The van der Waals surface area contributed by atoms with Gasteiger partial charge in [0, 0.05) is 6.42 Å². The summed E-state index contributed by atoms with van der Waals surface area (Å²) in [5.74, 6) is -0.500. The molecule has 0 saturated heterocycles. The zero-order chi connectivity index (χ0) is 38.2. The molecule has 0 aromatic rings. The molecule has 0 aliphatic rings. The van der Waals surface area contributed by atoms with E-state index in [2.05, 4.69) is 50.4 Å². The van der Waals surface area contributed by atoms with E-state index in [1.165, 1.54) is 103 Å². The first-order valence-corrected chi connectivity index (χ1v) is 22.6. The molecular weight excluding hydrogens is 647 g/mol.